The van der Waals surface area contributed by atoms with E-state index in [9.17, 15) is 5.11 Å². The fourth-order valence-corrected chi connectivity index (χ4v) is 11.4. The molecule has 3 aliphatic heterocycles. The van der Waals surface area contributed by atoms with Crippen molar-refractivity contribution in [2.75, 3.05) is 19.7 Å². The zero-order chi connectivity index (χ0) is 21.2. The van der Waals surface area contributed by atoms with E-state index in [-0.39, 0.29) is 5.92 Å². The second-order valence-electron chi connectivity index (χ2n) is 10.0. The highest BCUT2D eigenvalue weighted by molar-refractivity contribution is 6.77. The van der Waals surface area contributed by atoms with Crippen LogP contribution in [0.25, 0.3) is 0 Å². The first-order valence-electron chi connectivity index (χ1n) is 11.4. The van der Waals surface area contributed by atoms with Gasteiger partial charge in [0.05, 0.1) is 0 Å². The van der Waals surface area contributed by atoms with Crippen molar-refractivity contribution in [3.63, 3.8) is 0 Å². The van der Waals surface area contributed by atoms with Gasteiger partial charge in [-0.05, 0) is 48.1 Å². The first-order chi connectivity index (χ1) is 13.7. The molecule has 0 aliphatic carbocycles. The Kier molecular flexibility index (Phi) is 6.95. The van der Waals surface area contributed by atoms with Gasteiger partial charge in [-0.25, -0.2) is 0 Å². The van der Waals surface area contributed by atoms with E-state index in [1.165, 1.54) is 0 Å². The predicted octanol–water partition coefficient (Wildman–Crippen LogP) is 5.06. The Hall–Kier alpha value is -1.12. The van der Waals surface area contributed by atoms with Gasteiger partial charge in [-0.3, -0.25) is 4.90 Å². The van der Waals surface area contributed by atoms with Gasteiger partial charge in [0.1, 0.15) is 5.60 Å². The molecule has 1 unspecified atom stereocenters. The number of hydrogen-bond donors (Lipinski definition) is 1. The predicted molar refractivity (Wildman–Crippen MR) is 123 cm³/mol. The van der Waals surface area contributed by atoms with E-state index < -0.39 is 13.9 Å². The summed E-state index contributed by atoms with van der Waals surface area (Å²) in [7, 11) is -1.85. The average Bonchev–Trinajstić information content (AvgIpc) is 2.68. The molecule has 3 aliphatic rings. The summed E-state index contributed by atoms with van der Waals surface area (Å²) in [6.45, 7) is 16.6. The molecule has 3 nitrogen and oxygen atoms in total. The van der Waals surface area contributed by atoms with E-state index in [0.717, 1.165) is 31.6 Å². The van der Waals surface area contributed by atoms with Crippen molar-refractivity contribution in [1.82, 2.24) is 4.90 Å². The minimum atomic E-state index is -1.85. The van der Waals surface area contributed by atoms with E-state index in [2.05, 4.69) is 58.3 Å². The fraction of sp³-hybridized carbons (Fsp3) is 0.680. The normalized spacial score (nSPS) is 29.4. The highest BCUT2D eigenvalue weighted by Gasteiger charge is 2.50. The van der Waals surface area contributed by atoms with Gasteiger partial charge >= 0.3 is 0 Å². The molecule has 29 heavy (non-hydrogen) atoms. The Morgan fingerprint density at radius 2 is 1.72 bits per heavy atom. The molecule has 0 aromatic heterocycles. The van der Waals surface area contributed by atoms with E-state index in [1.54, 1.807) is 0 Å². The lowest BCUT2D eigenvalue weighted by Gasteiger charge is -2.53. The van der Waals surface area contributed by atoms with E-state index in [4.69, 9.17) is 4.43 Å². The molecule has 0 saturated carbocycles. The highest BCUT2D eigenvalue weighted by atomic mass is 28.4. The number of fused-ring (bicyclic) bond motifs is 3. The Bertz CT molecular complexity index is 714. The molecular weight excluding hydrogens is 374 g/mol. The maximum Gasteiger partial charge on any atom is 0.200 e. The van der Waals surface area contributed by atoms with Crippen LogP contribution in [0.2, 0.25) is 16.6 Å². The summed E-state index contributed by atoms with van der Waals surface area (Å²) < 4.78 is 6.88. The summed E-state index contributed by atoms with van der Waals surface area (Å²) in [6, 6.07) is 10.4. The van der Waals surface area contributed by atoms with Crippen molar-refractivity contribution in [1.29, 1.82) is 0 Å². The SMILES string of the molecule is CC(C)[Si](OC[C@H]1C[C@@H]2CCN1C[C@]2(O)C#Cc1ccccc1)(C(C)C)C(C)C. The van der Waals surface area contributed by atoms with Crippen LogP contribution in [0.4, 0.5) is 0 Å². The molecule has 4 atom stereocenters. The van der Waals surface area contributed by atoms with Crippen LogP contribution in [0.15, 0.2) is 30.3 Å². The van der Waals surface area contributed by atoms with Gasteiger partial charge in [-0.15, -0.1) is 0 Å². The summed E-state index contributed by atoms with van der Waals surface area (Å²) in [6.07, 6.45) is 2.01. The first kappa shape index (κ1) is 22.6. The maximum absolute atomic E-state index is 11.3. The molecule has 1 aromatic carbocycles. The molecule has 3 fully saturated rings. The standard InChI is InChI=1S/C25H39NO2Si/c1-19(2)29(20(3)4,21(5)6)28-17-24-16-23-13-15-26(24)18-25(23,27)14-12-22-10-8-7-9-11-22/h7-11,19-21,23-24,27H,13,15-18H2,1-6H3/t23-,24+,25+/m0/s1. The number of rotatable bonds is 6. The summed E-state index contributed by atoms with van der Waals surface area (Å²) >= 11 is 0. The Morgan fingerprint density at radius 1 is 1.10 bits per heavy atom. The smallest absolute Gasteiger partial charge is 0.200 e. The van der Waals surface area contributed by atoms with Crippen LogP contribution >= 0.6 is 0 Å². The molecule has 0 spiro atoms. The molecule has 0 radical (unpaired) electrons. The van der Waals surface area contributed by atoms with Crippen LogP contribution in [0, 0.1) is 17.8 Å². The highest BCUT2D eigenvalue weighted by Crippen LogP contribution is 2.44. The zero-order valence-electron chi connectivity index (χ0n) is 19.1. The van der Waals surface area contributed by atoms with E-state index in [0.29, 0.717) is 29.2 Å². The average molecular weight is 414 g/mol. The van der Waals surface area contributed by atoms with E-state index in [1.807, 2.05) is 30.3 Å². The molecule has 4 heteroatoms. The topological polar surface area (TPSA) is 32.7 Å². The third-order valence-electron chi connectivity index (χ3n) is 7.39. The van der Waals surface area contributed by atoms with E-state index >= 15 is 0 Å². The van der Waals surface area contributed by atoms with Crippen LogP contribution < -0.4 is 0 Å². The van der Waals surface area contributed by atoms with Crippen molar-refractivity contribution < 1.29 is 9.53 Å². The lowest BCUT2D eigenvalue weighted by Crippen LogP contribution is -2.64. The third kappa shape index (κ3) is 4.49. The van der Waals surface area contributed by atoms with Gasteiger partial charge in [-0.2, -0.15) is 0 Å². The van der Waals surface area contributed by atoms with Crippen LogP contribution in [0.3, 0.4) is 0 Å². The first-order valence-corrected chi connectivity index (χ1v) is 13.5. The van der Waals surface area contributed by atoms with Crippen molar-refractivity contribution >= 4 is 8.32 Å². The lowest BCUT2D eigenvalue weighted by atomic mass is 9.73. The number of benzene rings is 1. The van der Waals surface area contributed by atoms with Crippen LogP contribution in [0.5, 0.6) is 0 Å². The minimum Gasteiger partial charge on any atom is -0.414 e. The van der Waals surface area contributed by atoms with Crippen molar-refractivity contribution in [2.45, 2.75) is 82.7 Å². The molecule has 3 saturated heterocycles. The fourth-order valence-electron chi connectivity index (χ4n) is 5.94. The lowest BCUT2D eigenvalue weighted by molar-refractivity contribution is -0.105. The molecule has 0 amide bonds. The molecule has 1 N–H and O–H groups in total. The third-order valence-corrected chi connectivity index (χ3v) is 13.5. The Labute approximate surface area is 179 Å². The number of hydrogen-bond acceptors (Lipinski definition) is 3. The van der Waals surface area contributed by atoms with Crippen molar-refractivity contribution in [2.24, 2.45) is 5.92 Å². The summed E-state index contributed by atoms with van der Waals surface area (Å²) in [5, 5.41) is 11.3. The van der Waals surface area contributed by atoms with Gasteiger partial charge in [0, 0.05) is 30.7 Å². The quantitative estimate of drug-likeness (QED) is 0.523. The Morgan fingerprint density at radius 3 is 2.24 bits per heavy atom. The number of piperidine rings is 3. The van der Waals surface area contributed by atoms with Crippen LogP contribution in [-0.4, -0.2) is 49.7 Å². The second-order valence-corrected chi connectivity index (χ2v) is 15.5. The largest absolute Gasteiger partial charge is 0.414 e. The maximum atomic E-state index is 11.3. The van der Waals surface area contributed by atoms with Crippen LogP contribution in [-0.2, 0) is 4.43 Å². The minimum absolute atomic E-state index is 0.241. The molecule has 2 bridgehead atoms. The summed E-state index contributed by atoms with van der Waals surface area (Å²) in [4.78, 5) is 2.43. The molecule has 160 valence electrons. The molecular formula is C25H39NO2Si. The second kappa shape index (κ2) is 8.94. The van der Waals surface area contributed by atoms with Gasteiger partial charge in [0.15, 0.2) is 8.32 Å². The van der Waals surface area contributed by atoms with Crippen molar-refractivity contribution in [3.05, 3.63) is 35.9 Å². The summed E-state index contributed by atoms with van der Waals surface area (Å²) in [5.41, 5.74) is 1.89. The van der Waals surface area contributed by atoms with Crippen LogP contribution in [0.1, 0.15) is 59.9 Å². The zero-order valence-corrected chi connectivity index (χ0v) is 20.1. The Balaban J connectivity index is 1.70. The molecule has 4 rings (SSSR count). The summed E-state index contributed by atoms with van der Waals surface area (Å²) in [5.74, 6) is 6.67. The molecule has 1 aromatic rings. The monoisotopic (exact) mass is 413 g/mol. The molecule has 3 heterocycles. The van der Waals surface area contributed by atoms with Gasteiger partial charge in [0.25, 0.3) is 0 Å². The number of aliphatic hydroxyl groups is 1. The number of nitrogens with zero attached hydrogens (tertiary/aromatic N) is 1. The van der Waals surface area contributed by atoms with Gasteiger partial charge in [0.2, 0.25) is 0 Å². The van der Waals surface area contributed by atoms with Gasteiger partial charge < -0.3 is 9.53 Å². The van der Waals surface area contributed by atoms with Gasteiger partial charge in [-0.1, -0.05) is 71.6 Å². The van der Waals surface area contributed by atoms with Crippen molar-refractivity contribution in [3.8, 4) is 11.8 Å².